The van der Waals surface area contributed by atoms with Gasteiger partial charge in [0.25, 0.3) is 5.91 Å². The summed E-state index contributed by atoms with van der Waals surface area (Å²) in [5.74, 6) is -3.03. The molecule has 0 aromatic heterocycles. The minimum absolute atomic E-state index is 0.0340. The number of aliphatic hydroxyl groups excluding tert-OH is 1. The third-order valence-electron chi connectivity index (χ3n) is 3.69. The van der Waals surface area contributed by atoms with Crippen molar-refractivity contribution in [2.24, 2.45) is 0 Å². The van der Waals surface area contributed by atoms with Gasteiger partial charge in [-0.15, -0.1) is 0 Å². The Hall–Kier alpha value is -1.49. The van der Waals surface area contributed by atoms with Crippen LogP contribution < -0.4 is 10.8 Å². The predicted octanol–water partition coefficient (Wildman–Crippen LogP) is 4.79. The van der Waals surface area contributed by atoms with Gasteiger partial charge in [-0.25, -0.2) is 14.3 Å². The minimum Gasteiger partial charge on any atom is -0.393 e. The van der Waals surface area contributed by atoms with Crippen molar-refractivity contribution >= 4 is 51.5 Å². The lowest BCUT2D eigenvalue weighted by molar-refractivity contribution is 0.0161. The van der Waals surface area contributed by atoms with E-state index in [-0.39, 0.29) is 17.9 Å². The van der Waals surface area contributed by atoms with Crippen LogP contribution in [0, 0.1) is 15.2 Å². The molecule has 0 bridgehead atoms. The summed E-state index contributed by atoms with van der Waals surface area (Å²) in [5.41, 5.74) is 2.48. The van der Waals surface area contributed by atoms with Crippen LogP contribution in [0.25, 0.3) is 0 Å². The number of hydrogen-bond acceptors (Lipinski definition) is 4. The molecular formula is C18H18ClF2IN2O3. The molecule has 27 heavy (non-hydrogen) atoms. The molecule has 2 rings (SSSR count). The third-order valence-corrected chi connectivity index (χ3v) is 4.68. The maximum Gasteiger partial charge on any atom is 0.277 e. The molecular weight excluding hydrogens is 493 g/mol. The number of carbonyl (C=O) groups is 1. The molecule has 0 radical (unpaired) electrons. The van der Waals surface area contributed by atoms with Crippen molar-refractivity contribution in [2.75, 3.05) is 11.9 Å². The van der Waals surface area contributed by atoms with E-state index in [1.54, 1.807) is 18.2 Å². The van der Waals surface area contributed by atoms with E-state index in [9.17, 15) is 18.7 Å². The summed E-state index contributed by atoms with van der Waals surface area (Å²) in [6.07, 6.45) is 0.355. The van der Waals surface area contributed by atoms with Gasteiger partial charge >= 0.3 is 0 Å². The average Bonchev–Trinajstić information content (AvgIpc) is 2.63. The highest BCUT2D eigenvalue weighted by molar-refractivity contribution is 14.1. The van der Waals surface area contributed by atoms with Crippen molar-refractivity contribution in [1.29, 1.82) is 0 Å². The quantitative estimate of drug-likeness (QED) is 0.271. The van der Waals surface area contributed by atoms with Crippen molar-refractivity contribution in [3.05, 3.63) is 56.1 Å². The number of halogens is 4. The Balaban J connectivity index is 2.17. The maximum absolute atomic E-state index is 13.7. The summed E-state index contributed by atoms with van der Waals surface area (Å²) >= 11 is 8.23. The van der Waals surface area contributed by atoms with Crippen molar-refractivity contribution < 1.29 is 23.5 Å². The largest absolute Gasteiger partial charge is 0.393 e. The molecule has 1 unspecified atom stereocenters. The first kappa shape index (κ1) is 21.8. The molecule has 5 nitrogen and oxygen atoms in total. The summed E-state index contributed by atoms with van der Waals surface area (Å²) < 4.78 is 28.2. The number of nitrogens with one attached hydrogen (secondary N) is 2. The zero-order valence-electron chi connectivity index (χ0n) is 14.4. The molecule has 0 aliphatic rings. The molecule has 0 saturated heterocycles. The number of anilines is 2. The van der Waals surface area contributed by atoms with Gasteiger partial charge in [0.2, 0.25) is 0 Å². The molecule has 3 N–H and O–H groups in total. The second-order valence-electron chi connectivity index (χ2n) is 5.69. The highest BCUT2D eigenvalue weighted by Crippen LogP contribution is 2.30. The third kappa shape index (κ3) is 6.27. The zero-order chi connectivity index (χ0) is 20.0. The standard InChI is InChI=1S/C18H18ClF2IN2O3/c1-2-11(25)5-6-27-24-18(26)12-8-14(20)15(21)9-17(12)23-16-4-3-10(22)7-13(16)19/h3-4,7-9,11,23,25H,2,5-6H2,1H3,(H,24,26). The van der Waals surface area contributed by atoms with Gasteiger partial charge in [0, 0.05) is 9.64 Å². The van der Waals surface area contributed by atoms with Crippen LogP contribution >= 0.6 is 34.2 Å². The monoisotopic (exact) mass is 510 g/mol. The molecule has 0 aliphatic carbocycles. The van der Waals surface area contributed by atoms with Crippen LogP contribution in [-0.4, -0.2) is 23.7 Å². The summed E-state index contributed by atoms with van der Waals surface area (Å²) in [5, 5.41) is 12.7. The SMILES string of the molecule is CCC(O)CCONC(=O)c1cc(F)c(F)cc1Nc1ccc(I)cc1Cl. The van der Waals surface area contributed by atoms with Crippen LogP contribution in [0.2, 0.25) is 5.02 Å². The van der Waals surface area contributed by atoms with E-state index in [0.29, 0.717) is 23.6 Å². The van der Waals surface area contributed by atoms with Crippen LogP contribution in [0.1, 0.15) is 30.1 Å². The molecule has 0 heterocycles. The number of hydrogen-bond donors (Lipinski definition) is 3. The fourth-order valence-corrected chi connectivity index (χ4v) is 3.05. The smallest absolute Gasteiger partial charge is 0.277 e. The lowest BCUT2D eigenvalue weighted by Gasteiger charge is -2.14. The van der Waals surface area contributed by atoms with Crippen molar-refractivity contribution in [3.8, 4) is 0 Å². The lowest BCUT2D eigenvalue weighted by Crippen LogP contribution is -2.26. The Kier molecular flexibility index (Phi) is 8.21. The average molecular weight is 511 g/mol. The second-order valence-corrected chi connectivity index (χ2v) is 7.34. The Morgan fingerprint density at radius 2 is 1.96 bits per heavy atom. The van der Waals surface area contributed by atoms with E-state index in [1.165, 1.54) is 0 Å². The molecule has 9 heteroatoms. The summed E-state index contributed by atoms with van der Waals surface area (Å²) in [6.45, 7) is 1.90. The molecule has 146 valence electrons. The summed E-state index contributed by atoms with van der Waals surface area (Å²) in [6, 6.07) is 6.77. The number of rotatable bonds is 8. The first-order valence-electron chi connectivity index (χ1n) is 8.13. The second kappa shape index (κ2) is 10.2. The van der Waals surface area contributed by atoms with Gasteiger partial charge in [0.15, 0.2) is 11.6 Å². The number of hydroxylamine groups is 1. The molecule has 0 spiro atoms. The summed E-state index contributed by atoms with van der Waals surface area (Å²) in [4.78, 5) is 17.3. The van der Waals surface area contributed by atoms with Gasteiger partial charge in [0.05, 0.1) is 34.7 Å². The zero-order valence-corrected chi connectivity index (χ0v) is 17.3. The predicted molar refractivity (Wildman–Crippen MR) is 108 cm³/mol. The molecule has 1 atom stereocenters. The highest BCUT2D eigenvalue weighted by atomic mass is 127. The number of carbonyl (C=O) groups excluding carboxylic acids is 1. The Morgan fingerprint density at radius 3 is 2.63 bits per heavy atom. The summed E-state index contributed by atoms with van der Waals surface area (Å²) in [7, 11) is 0. The van der Waals surface area contributed by atoms with E-state index in [2.05, 4.69) is 33.4 Å². The fourth-order valence-electron chi connectivity index (χ4n) is 2.14. The fraction of sp³-hybridized carbons (Fsp3) is 0.278. The molecule has 0 aliphatic heterocycles. The Morgan fingerprint density at radius 1 is 1.26 bits per heavy atom. The van der Waals surface area contributed by atoms with E-state index >= 15 is 0 Å². The molecule has 2 aromatic rings. The number of aliphatic hydroxyl groups is 1. The van der Waals surface area contributed by atoms with Gasteiger partial charge < -0.3 is 10.4 Å². The van der Waals surface area contributed by atoms with Gasteiger partial charge in [-0.2, -0.15) is 0 Å². The number of benzene rings is 2. The van der Waals surface area contributed by atoms with E-state index in [0.717, 1.165) is 15.7 Å². The van der Waals surface area contributed by atoms with Gasteiger partial charge in [-0.05, 0) is 59.7 Å². The van der Waals surface area contributed by atoms with E-state index < -0.39 is 23.6 Å². The van der Waals surface area contributed by atoms with Crippen molar-refractivity contribution in [2.45, 2.75) is 25.9 Å². The minimum atomic E-state index is -1.17. The first-order valence-corrected chi connectivity index (χ1v) is 9.58. The molecule has 2 aromatic carbocycles. The Labute approximate surface area is 174 Å². The topological polar surface area (TPSA) is 70.6 Å². The van der Waals surface area contributed by atoms with Crippen LogP contribution in [0.3, 0.4) is 0 Å². The van der Waals surface area contributed by atoms with Gasteiger partial charge in [-0.3, -0.25) is 9.63 Å². The van der Waals surface area contributed by atoms with Crippen LogP contribution in [0.15, 0.2) is 30.3 Å². The molecule has 0 fully saturated rings. The van der Waals surface area contributed by atoms with Gasteiger partial charge in [-0.1, -0.05) is 18.5 Å². The van der Waals surface area contributed by atoms with Crippen LogP contribution in [0.4, 0.5) is 20.2 Å². The lowest BCUT2D eigenvalue weighted by atomic mass is 10.1. The van der Waals surface area contributed by atoms with Gasteiger partial charge in [0.1, 0.15) is 0 Å². The normalized spacial score (nSPS) is 11.9. The van der Waals surface area contributed by atoms with Crippen LogP contribution in [-0.2, 0) is 4.84 Å². The van der Waals surface area contributed by atoms with E-state index in [4.69, 9.17) is 16.4 Å². The Bertz CT molecular complexity index is 823. The van der Waals surface area contributed by atoms with Crippen LogP contribution in [0.5, 0.6) is 0 Å². The molecule has 1 amide bonds. The van der Waals surface area contributed by atoms with Crippen molar-refractivity contribution in [1.82, 2.24) is 5.48 Å². The van der Waals surface area contributed by atoms with Crippen molar-refractivity contribution in [3.63, 3.8) is 0 Å². The number of amides is 1. The highest BCUT2D eigenvalue weighted by Gasteiger charge is 2.17. The van der Waals surface area contributed by atoms with E-state index in [1.807, 2.05) is 6.92 Å². The molecule has 0 saturated carbocycles. The maximum atomic E-state index is 13.7. The first-order chi connectivity index (χ1) is 12.8.